The van der Waals surface area contributed by atoms with Crippen molar-refractivity contribution >= 4 is 17.3 Å². The number of halogens is 1. The second-order valence-electron chi connectivity index (χ2n) is 3.76. The lowest BCUT2D eigenvalue weighted by Crippen LogP contribution is -2.30. The maximum atomic E-state index is 5.88. The van der Waals surface area contributed by atoms with Crippen molar-refractivity contribution < 1.29 is 0 Å². The van der Waals surface area contributed by atoms with Gasteiger partial charge in [-0.2, -0.15) is 0 Å². The van der Waals surface area contributed by atoms with Gasteiger partial charge >= 0.3 is 0 Å². The highest BCUT2D eigenvalue weighted by atomic mass is 35.5. The smallest absolute Gasteiger partial charge is 0.0508 e. The van der Waals surface area contributed by atoms with Gasteiger partial charge in [-0.05, 0) is 36.5 Å². The van der Waals surface area contributed by atoms with Crippen LogP contribution in [-0.4, -0.2) is 0 Å². The fourth-order valence-electron chi connectivity index (χ4n) is 1.74. The number of nitrogen functional groups attached to an aromatic ring is 1. The van der Waals surface area contributed by atoms with E-state index in [0.29, 0.717) is 16.6 Å². The summed E-state index contributed by atoms with van der Waals surface area (Å²) >= 11 is 5.83. The lowest BCUT2D eigenvalue weighted by Gasteiger charge is -2.17. The first-order chi connectivity index (χ1) is 6.72. The van der Waals surface area contributed by atoms with Crippen molar-refractivity contribution in [3.8, 4) is 0 Å². The first-order valence-corrected chi connectivity index (χ1v) is 5.11. The van der Waals surface area contributed by atoms with Crippen LogP contribution in [0.15, 0.2) is 18.2 Å². The van der Waals surface area contributed by atoms with Gasteiger partial charge in [0.2, 0.25) is 0 Å². The van der Waals surface area contributed by atoms with Crippen LogP contribution in [-0.2, 0) is 0 Å². The Morgan fingerprint density at radius 3 is 2.64 bits per heavy atom. The average molecular weight is 212 g/mol. The molecule has 5 N–H and O–H groups in total. The van der Waals surface area contributed by atoms with Crippen LogP contribution in [0.25, 0.3) is 0 Å². The average Bonchev–Trinajstić information content (AvgIpc) is 2.93. The monoisotopic (exact) mass is 211 g/mol. The minimum Gasteiger partial charge on any atom is -0.398 e. The van der Waals surface area contributed by atoms with E-state index in [1.54, 1.807) is 6.07 Å². The molecule has 1 fully saturated rings. The number of nitrogens with two attached hydrogens (primary N) is 2. The lowest BCUT2D eigenvalue weighted by atomic mass is 10.0. The van der Waals surface area contributed by atoms with Gasteiger partial charge in [0, 0.05) is 10.7 Å². The topological polar surface area (TPSA) is 64.1 Å². The number of hydrazine groups is 1. The predicted octanol–water partition coefficient (Wildman–Crippen LogP) is 1.84. The molecule has 0 amide bonds. The number of benzene rings is 1. The Bertz CT molecular complexity index is 336. The number of hydrogen-bond acceptors (Lipinski definition) is 3. The minimum atomic E-state index is 0.173. The molecule has 4 heteroatoms. The normalized spacial score (nSPS) is 18.1. The molecular formula is C10H14ClN3. The highest BCUT2D eigenvalue weighted by molar-refractivity contribution is 6.30. The maximum Gasteiger partial charge on any atom is 0.0508 e. The van der Waals surface area contributed by atoms with Crippen molar-refractivity contribution in [3.63, 3.8) is 0 Å². The fraction of sp³-hybridized carbons (Fsp3) is 0.400. The van der Waals surface area contributed by atoms with Gasteiger partial charge < -0.3 is 5.73 Å². The number of rotatable bonds is 3. The summed E-state index contributed by atoms with van der Waals surface area (Å²) in [7, 11) is 0. The third kappa shape index (κ3) is 1.85. The summed E-state index contributed by atoms with van der Waals surface area (Å²) in [6, 6.07) is 5.73. The Morgan fingerprint density at radius 2 is 2.14 bits per heavy atom. The van der Waals surface area contributed by atoms with Crippen LogP contribution in [0.5, 0.6) is 0 Å². The molecule has 1 aliphatic carbocycles. The zero-order valence-electron chi connectivity index (χ0n) is 7.83. The summed E-state index contributed by atoms with van der Waals surface area (Å²) in [5, 5.41) is 0.665. The van der Waals surface area contributed by atoms with Crippen molar-refractivity contribution in [2.45, 2.75) is 18.9 Å². The van der Waals surface area contributed by atoms with Gasteiger partial charge in [-0.1, -0.05) is 17.7 Å². The fourth-order valence-corrected chi connectivity index (χ4v) is 1.92. The van der Waals surface area contributed by atoms with E-state index in [4.69, 9.17) is 23.2 Å². The maximum absolute atomic E-state index is 5.88. The van der Waals surface area contributed by atoms with Gasteiger partial charge in [0.15, 0.2) is 0 Å². The minimum absolute atomic E-state index is 0.173. The van der Waals surface area contributed by atoms with Crippen molar-refractivity contribution in [3.05, 3.63) is 28.8 Å². The van der Waals surface area contributed by atoms with Crippen molar-refractivity contribution in [2.24, 2.45) is 11.8 Å². The molecule has 76 valence electrons. The summed E-state index contributed by atoms with van der Waals surface area (Å²) in [6.45, 7) is 0. The number of nitrogens with one attached hydrogen (secondary N) is 1. The molecule has 2 rings (SSSR count). The van der Waals surface area contributed by atoms with Crippen LogP contribution >= 0.6 is 11.6 Å². The first-order valence-electron chi connectivity index (χ1n) is 4.73. The van der Waals surface area contributed by atoms with Gasteiger partial charge in [0.25, 0.3) is 0 Å². The Labute approximate surface area is 88.4 Å². The second kappa shape index (κ2) is 3.77. The molecule has 14 heavy (non-hydrogen) atoms. The molecule has 1 aromatic carbocycles. The summed E-state index contributed by atoms with van der Waals surface area (Å²) in [4.78, 5) is 0. The van der Waals surface area contributed by atoms with E-state index in [2.05, 4.69) is 5.43 Å². The molecule has 0 saturated heterocycles. The molecule has 1 atom stereocenters. The lowest BCUT2D eigenvalue weighted by molar-refractivity contribution is 0.498. The summed E-state index contributed by atoms with van der Waals surface area (Å²) in [5.74, 6) is 6.14. The largest absolute Gasteiger partial charge is 0.398 e. The standard InChI is InChI=1S/C10H14ClN3/c11-7-3-4-8(9(12)5-7)10(14-13)6-1-2-6/h3-6,10,14H,1-2,12-13H2. The molecule has 0 aromatic heterocycles. The molecule has 1 aliphatic rings. The van der Waals surface area contributed by atoms with E-state index in [9.17, 15) is 0 Å². The van der Waals surface area contributed by atoms with E-state index in [1.807, 2.05) is 12.1 Å². The van der Waals surface area contributed by atoms with E-state index >= 15 is 0 Å². The van der Waals surface area contributed by atoms with E-state index in [-0.39, 0.29) is 6.04 Å². The van der Waals surface area contributed by atoms with E-state index in [0.717, 1.165) is 5.56 Å². The predicted molar refractivity (Wildman–Crippen MR) is 58.7 cm³/mol. The van der Waals surface area contributed by atoms with Gasteiger partial charge in [0.1, 0.15) is 0 Å². The zero-order valence-corrected chi connectivity index (χ0v) is 8.59. The molecule has 3 nitrogen and oxygen atoms in total. The SMILES string of the molecule is NNC(c1ccc(Cl)cc1N)C1CC1. The van der Waals surface area contributed by atoms with Crippen molar-refractivity contribution in [2.75, 3.05) is 5.73 Å². The Hall–Kier alpha value is -0.770. The summed E-state index contributed by atoms with van der Waals surface area (Å²) in [6.07, 6.45) is 2.44. The summed E-state index contributed by atoms with van der Waals surface area (Å²) in [5.41, 5.74) is 10.5. The summed E-state index contributed by atoms with van der Waals surface area (Å²) < 4.78 is 0. The molecule has 1 aromatic rings. The highest BCUT2D eigenvalue weighted by Crippen LogP contribution is 2.42. The molecular weight excluding hydrogens is 198 g/mol. The molecule has 0 spiro atoms. The second-order valence-corrected chi connectivity index (χ2v) is 4.19. The molecule has 0 radical (unpaired) electrons. The molecule has 0 aliphatic heterocycles. The van der Waals surface area contributed by atoms with Gasteiger partial charge in [-0.15, -0.1) is 0 Å². The molecule has 0 heterocycles. The van der Waals surface area contributed by atoms with Crippen molar-refractivity contribution in [1.82, 2.24) is 5.43 Å². The number of hydrogen-bond donors (Lipinski definition) is 3. The Kier molecular flexibility index (Phi) is 2.63. The van der Waals surface area contributed by atoms with E-state index < -0.39 is 0 Å². The van der Waals surface area contributed by atoms with Crippen LogP contribution in [0, 0.1) is 5.92 Å². The van der Waals surface area contributed by atoms with Gasteiger partial charge in [0.05, 0.1) is 6.04 Å². The van der Waals surface area contributed by atoms with Gasteiger partial charge in [-0.3, -0.25) is 11.3 Å². The molecule has 0 bridgehead atoms. The quantitative estimate of drug-likeness (QED) is 0.406. The van der Waals surface area contributed by atoms with Gasteiger partial charge in [-0.25, -0.2) is 0 Å². The van der Waals surface area contributed by atoms with Crippen LogP contribution < -0.4 is 17.0 Å². The van der Waals surface area contributed by atoms with E-state index in [1.165, 1.54) is 12.8 Å². The van der Waals surface area contributed by atoms with Crippen molar-refractivity contribution in [1.29, 1.82) is 0 Å². The van der Waals surface area contributed by atoms with Crippen LogP contribution in [0.3, 0.4) is 0 Å². The molecule has 1 unspecified atom stereocenters. The Balaban J connectivity index is 2.29. The first kappa shape index (κ1) is 9.77. The Morgan fingerprint density at radius 1 is 1.43 bits per heavy atom. The molecule has 1 saturated carbocycles. The zero-order chi connectivity index (χ0) is 10.1. The third-order valence-electron chi connectivity index (χ3n) is 2.66. The highest BCUT2D eigenvalue weighted by Gasteiger charge is 2.32. The van der Waals surface area contributed by atoms with Crippen LogP contribution in [0.2, 0.25) is 5.02 Å². The van der Waals surface area contributed by atoms with Crippen LogP contribution in [0.1, 0.15) is 24.4 Å². The number of anilines is 1. The van der Waals surface area contributed by atoms with Crippen LogP contribution in [0.4, 0.5) is 5.69 Å². The third-order valence-corrected chi connectivity index (χ3v) is 2.89.